The lowest BCUT2D eigenvalue weighted by atomic mass is 10.1. The van der Waals surface area contributed by atoms with Gasteiger partial charge >= 0.3 is 0 Å². The van der Waals surface area contributed by atoms with Gasteiger partial charge in [-0.2, -0.15) is 0 Å². The van der Waals surface area contributed by atoms with Gasteiger partial charge in [0.15, 0.2) is 5.13 Å². The van der Waals surface area contributed by atoms with Gasteiger partial charge in [-0.1, -0.05) is 17.3 Å². The number of benzene rings is 1. The summed E-state index contributed by atoms with van der Waals surface area (Å²) in [5.41, 5.74) is 3.71. The van der Waals surface area contributed by atoms with E-state index in [1.807, 2.05) is 37.4 Å². The standard InChI is InChI=1S/C15H17N3O2S/c1-10-6-5-7-14(11(10)2)18(12(3)19)15-17-13(9-21-15)8-16-20-4/h5-9H,1-4H3/b16-8+. The zero-order valence-electron chi connectivity index (χ0n) is 12.5. The van der Waals surface area contributed by atoms with Gasteiger partial charge in [0.1, 0.15) is 7.11 Å². The van der Waals surface area contributed by atoms with E-state index in [0.717, 1.165) is 16.8 Å². The number of aryl methyl sites for hydroxylation is 1. The molecule has 6 heteroatoms. The van der Waals surface area contributed by atoms with E-state index >= 15 is 0 Å². The van der Waals surface area contributed by atoms with Crippen molar-refractivity contribution in [3.8, 4) is 0 Å². The highest BCUT2D eigenvalue weighted by molar-refractivity contribution is 7.14. The van der Waals surface area contributed by atoms with Crippen LogP contribution in [0.2, 0.25) is 0 Å². The fourth-order valence-electron chi connectivity index (χ4n) is 1.93. The van der Waals surface area contributed by atoms with E-state index in [2.05, 4.69) is 15.0 Å². The Bertz CT molecular complexity index is 679. The van der Waals surface area contributed by atoms with Crippen LogP contribution >= 0.6 is 11.3 Å². The number of amides is 1. The summed E-state index contributed by atoms with van der Waals surface area (Å²) in [6.45, 7) is 5.56. The predicted molar refractivity (Wildman–Crippen MR) is 85.5 cm³/mol. The molecule has 0 atom stereocenters. The van der Waals surface area contributed by atoms with Crippen LogP contribution in [0.15, 0.2) is 28.7 Å². The molecule has 2 rings (SSSR count). The second-order valence-corrected chi connectivity index (χ2v) is 5.38. The fraction of sp³-hybridized carbons (Fsp3) is 0.267. The van der Waals surface area contributed by atoms with Gasteiger partial charge < -0.3 is 4.84 Å². The third-order valence-corrected chi connectivity index (χ3v) is 3.97. The molecule has 0 spiro atoms. The highest BCUT2D eigenvalue weighted by Crippen LogP contribution is 2.32. The van der Waals surface area contributed by atoms with Gasteiger partial charge in [0.05, 0.1) is 17.6 Å². The van der Waals surface area contributed by atoms with Gasteiger partial charge in [-0.05, 0) is 31.0 Å². The number of carbonyl (C=O) groups is 1. The van der Waals surface area contributed by atoms with E-state index in [1.54, 1.807) is 4.90 Å². The first-order chi connectivity index (χ1) is 10.0. The summed E-state index contributed by atoms with van der Waals surface area (Å²) in [5, 5.41) is 6.13. The topological polar surface area (TPSA) is 54.8 Å². The van der Waals surface area contributed by atoms with Crippen molar-refractivity contribution in [1.29, 1.82) is 0 Å². The summed E-state index contributed by atoms with van der Waals surface area (Å²) in [7, 11) is 1.47. The number of rotatable bonds is 4. The van der Waals surface area contributed by atoms with E-state index in [0.29, 0.717) is 10.8 Å². The second-order valence-electron chi connectivity index (χ2n) is 4.55. The minimum Gasteiger partial charge on any atom is -0.399 e. The largest absolute Gasteiger partial charge is 0.399 e. The van der Waals surface area contributed by atoms with E-state index < -0.39 is 0 Å². The SMILES string of the molecule is CO/N=C/c1csc(N(C(C)=O)c2cccc(C)c2C)n1. The summed E-state index contributed by atoms with van der Waals surface area (Å²) in [6.07, 6.45) is 1.52. The molecule has 5 nitrogen and oxygen atoms in total. The first kappa shape index (κ1) is 15.2. The zero-order valence-corrected chi connectivity index (χ0v) is 13.3. The summed E-state index contributed by atoms with van der Waals surface area (Å²) in [4.78, 5) is 22.7. The minimum atomic E-state index is -0.0757. The van der Waals surface area contributed by atoms with Crippen molar-refractivity contribution >= 4 is 34.3 Å². The van der Waals surface area contributed by atoms with Crippen LogP contribution in [0, 0.1) is 13.8 Å². The Morgan fingerprint density at radius 1 is 1.43 bits per heavy atom. The molecular formula is C15H17N3O2S. The van der Waals surface area contributed by atoms with Crippen LogP contribution in [0.25, 0.3) is 0 Å². The summed E-state index contributed by atoms with van der Waals surface area (Å²) in [6, 6.07) is 5.89. The maximum absolute atomic E-state index is 12.1. The van der Waals surface area contributed by atoms with Crippen molar-refractivity contribution in [3.05, 3.63) is 40.4 Å². The number of thiazole rings is 1. The average molecular weight is 303 g/mol. The number of hydrogen-bond donors (Lipinski definition) is 0. The molecule has 0 radical (unpaired) electrons. The van der Waals surface area contributed by atoms with Gasteiger partial charge in [0, 0.05) is 12.3 Å². The van der Waals surface area contributed by atoms with Crippen molar-refractivity contribution in [2.45, 2.75) is 20.8 Å². The normalized spacial score (nSPS) is 10.9. The van der Waals surface area contributed by atoms with Crippen molar-refractivity contribution in [2.75, 3.05) is 12.0 Å². The maximum Gasteiger partial charge on any atom is 0.230 e. The first-order valence-corrected chi connectivity index (χ1v) is 7.31. The third-order valence-electron chi connectivity index (χ3n) is 3.12. The van der Waals surface area contributed by atoms with Gasteiger partial charge in [-0.25, -0.2) is 4.98 Å². The number of nitrogens with zero attached hydrogens (tertiary/aromatic N) is 3. The van der Waals surface area contributed by atoms with Crippen LogP contribution in [0.4, 0.5) is 10.8 Å². The van der Waals surface area contributed by atoms with Crippen LogP contribution in [0.5, 0.6) is 0 Å². The quantitative estimate of drug-likeness (QED) is 0.642. The molecule has 1 aromatic carbocycles. The second kappa shape index (κ2) is 6.49. The van der Waals surface area contributed by atoms with Crippen molar-refractivity contribution < 1.29 is 9.63 Å². The van der Waals surface area contributed by atoms with Crippen LogP contribution in [0.3, 0.4) is 0 Å². The molecule has 1 aromatic heterocycles. The Hall–Kier alpha value is -2.21. The van der Waals surface area contributed by atoms with E-state index in [4.69, 9.17) is 0 Å². The summed E-state index contributed by atoms with van der Waals surface area (Å²) >= 11 is 1.39. The lowest BCUT2D eigenvalue weighted by Gasteiger charge is -2.21. The van der Waals surface area contributed by atoms with Gasteiger partial charge in [-0.15, -0.1) is 11.3 Å². The van der Waals surface area contributed by atoms with Gasteiger partial charge in [-0.3, -0.25) is 9.69 Å². The Balaban J connectivity index is 2.44. The average Bonchev–Trinajstić information content (AvgIpc) is 2.89. The summed E-state index contributed by atoms with van der Waals surface area (Å²) in [5.74, 6) is -0.0757. The van der Waals surface area contributed by atoms with Crippen LogP contribution < -0.4 is 4.90 Å². The van der Waals surface area contributed by atoms with E-state index in [-0.39, 0.29) is 5.91 Å². The van der Waals surface area contributed by atoms with Crippen molar-refractivity contribution in [2.24, 2.45) is 5.16 Å². The Morgan fingerprint density at radius 2 is 2.19 bits per heavy atom. The predicted octanol–water partition coefficient (Wildman–Crippen LogP) is 3.42. The molecule has 21 heavy (non-hydrogen) atoms. The summed E-state index contributed by atoms with van der Waals surface area (Å²) < 4.78 is 0. The monoisotopic (exact) mass is 303 g/mol. The third kappa shape index (κ3) is 3.28. The smallest absolute Gasteiger partial charge is 0.230 e. The molecule has 0 N–H and O–H groups in total. The number of carbonyl (C=O) groups excluding carboxylic acids is 1. The molecule has 0 aliphatic heterocycles. The van der Waals surface area contributed by atoms with Crippen LogP contribution in [-0.2, 0) is 9.63 Å². The van der Waals surface area contributed by atoms with Crippen molar-refractivity contribution in [1.82, 2.24) is 4.98 Å². The molecule has 0 saturated heterocycles. The molecule has 110 valence electrons. The molecular weight excluding hydrogens is 286 g/mol. The number of hydrogen-bond acceptors (Lipinski definition) is 5. The molecule has 1 heterocycles. The molecule has 0 aliphatic rings. The molecule has 0 bridgehead atoms. The molecule has 0 saturated carbocycles. The number of anilines is 2. The Morgan fingerprint density at radius 3 is 2.86 bits per heavy atom. The van der Waals surface area contributed by atoms with Gasteiger partial charge in [0.2, 0.25) is 5.91 Å². The lowest BCUT2D eigenvalue weighted by Crippen LogP contribution is -2.23. The highest BCUT2D eigenvalue weighted by Gasteiger charge is 2.19. The van der Waals surface area contributed by atoms with Crippen molar-refractivity contribution in [3.63, 3.8) is 0 Å². The Kier molecular flexibility index (Phi) is 4.70. The maximum atomic E-state index is 12.1. The Labute approximate surface area is 127 Å². The van der Waals surface area contributed by atoms with Crippen LogP contribution in [0.1, 0.15) is 23.7 Å². The fourth-order valence-corrected chi connectivity index (χ4v) is 2.76. The van der Waals surface area contributed by atoms with Crippen LogP contribution in [-0.4, -0.2) is 24.2 Å². The van der Waals surface area contributed by atoms with E-state index in [1.165, 1.54) is 31.6 Å². The number of oxime groups is 1. The highest BCUT2D eigenvalue weighted by atomic mass is 32.1. The zero-order chi connectivity index (χ0) is 15.4. The molecule has 0 unspecified atom stereocenters. The lowest BCUT2D eigenvalue weighted by molar-refractivity contribution is -0.115. The van der Waals surface area contributed by atoms with E-state index in [9.17, 15) is 4.79 Å². The first-order valence-electron chi connectivity index (χ1n) is 6.43. The number of aromatic nitrogens is 1. The minimum absolute atomic E-state index is 0.0757. The molecule has 0 aliphatic carbocycles. The molecule has 1 amide bonds. The van der Waals surface area contributed by atoms with Gasteiger partial charge in [0.25, 0.3) is 0 Å². The molecule has 0 fully saturated rings. The molecule has 2 aromatic rings.